The summed E-state index contributed by atoms with van der Waals surface area (Å²) in [7, 11) is -4.94. The molecule has 0 radical (unpaired) electrons. The summed E-state index contributed by atoms with van der Waals surface area (Å²) in [5.74, 6) is 0.978. The first kappa shape index (κ1) is 13.6. The molecule has 2 aromatic rings. The molecule has 0 aliphatic rings. The lowest BCUT2D eigenvalue weighted by Gasteiger charge is -2.17. The van der Waals surface area contributed by atoms with Crippen molar-refractivity contribution in [2.24, 2.45) is 0 Å². The summed E-state index contributed by atoms with van der Waals surface area (Å²) in [6, 6.07) is 9.88. The van der Waals surface area contributed by atoms with Gasteiger partial charge in [0.25, 0.3) is 0 Å². The van der Waals surface area contributed by atoms with Crippen LogP contribution in [-0.4, -0.2) is 0 Å². The molecule has 2 heterocycles. The van der Waals surface area contributed by atoms with E-state index in [-0.39, 0.29) is 0 Å². The molecule has 2 aromatic heterocycles. The molecule has 0 bridgehead atoms. The van der Waals surface area contributed by atoms with Crippen LogP contribution < -0.4 is 23.2 Å². The number of hydrogen-bond donors (Lipinski definition) is 0. The molecule has 17 heavy (non-hydrogen) atoms. The predicted molar refractivity (Wildman–Crippen MR) is 44.4 cm³/mol. The van der Waals surface area contributed by atoms with Gasteiger partial charge in [-0.15, -0.1) is 10.2 Å². The Labute approximate surface area is 99.7 Å². The van der Waals surface area contributed by atoms with E-state index >= 15 is 0 Å². The van der Waals surface area contributed by atoms with Crippen molar-refractivity contribution in [2.75, 3.05) is 0 Å². The fourth-order valence-corrected chi connectivity index (χ4v) is 1.12. The average molecular weight is 260 g/mol. The monoisotopic (exact) mass is 259 g/mol. The molecule has 0 unspecified atom stereocenters. The van der Waals surface area contributed by atoms with Crippen molar-refractivity contribution in [1.82, 2.24) is 0 Å². The Morgan fingerprint density at radius 2 is 1.59 bits per heavy atom. The van der Waals surface area contributed by atoms with Gasteiger partial charge in [-0.25, -0.2) is 18.6 Å². The van der Waals surface area contributed by atoms with E-state index in [1.807, 2.05) is 42.7 Å². The van der Waals surface area contributed by atoms with Crippen LogP contribution in [0.3, 0.4) is 0 Å². The molecule has 0 spiro atoms. The molecule has 0 aliphatic carbocycles. The average Bonchev–Trinajstić information content (AvgIpc) is 2.69. The number of hydrogen-bond acceptors (Lipinski definition) is 5. The smallest absolute Gasteiger partial charge is 0.205 e. The summed E-state index contributed by atoms with van der Waals surface area (Å²) in [5.41, 5.74) is 0. The molecule has 0 N–H and O–H groups in total. The molecular weight excluding hydrogens is 250 g/mol. The van der Waals surface area contributed by atoms with Gasteiger partial charge in [-0.1, -0.05) is 6.07 Å². The van der Waals surface area contributed by atoms with Crippen molar-refractivity contribution in [3.63, 3.8) is 0 Å². The van der Waals surface area contributed by atoms with Gasteiger partial charge in [-0.3, -0.25) is 0 Å². The van der Waals surface area contributed by atoms with Crippen LogP contribution in [-0.2, 0) is 6.54 Å². The van der Waals surface area contributed by atoms with Crippen molar-refractivity contribution >= 4 is 0 Å². The fourth-order valence-electron chi connectivity index (χ4n) is 1.12. The molecule has 0 aromatic carbocycles. The van der Waals surface area contributed by atoms with Crippen molar-refractivity contribution in [3.05, 3.63) is 54.7 Å². The van der Waals surface area contributed by atoms with Crippen LogP contribution >= 0.6 is 0 Å². The molecule has 0 atom stereocenters. The number of aromatic nitrogens is 1. The first-order chi connectivity index (χ1) is 7.95. The Bertz CT molecular complexity index is 406. The SMILES string of the molecule is [O-][Cl+3]([O-])([O-])[O-].c1cc[n+](Cc2ccco2)cc1. The maximum Gasteiger partial charge on any atom is 0.205 e. The van der Waals surface area contributed by atoms with Crippen LogP contribution in [0.4, 0.5) is 0 Å². The quantitative estimate of drug-likeness (QED) is 0.530. The Morgan fingerprint density at radius 1 is 1.00 bits per heavy atom. The summed E-state index contributed by atoms with van der Waals surface area (Å²) in [4.78, 5) is 0. The predicted octanol–water partition coefficient (Wildman–Crippen LogP) is -3.14. The zero-order chi connectivity index (χ0) is 12.7. The summed E-state index contributed by atoms with van der Waals surface area (Å²) >= 11 is 0. The maximum absolute atomic E-state index is 8.49. The van der Waals surface area contributed by atoms with Gasteiger partial charge < -0.3 is 4.42 Å². The van der Waals surface area contributed by atoms with Crippen LogP contribution in [0.5, 0.6) is 0 Å². The van der Waals surface area contributed by atoms with Gasteiger partial charge in [0, 0.05) is 12.1 Å². The summed E-state index contributed by atoms with van der Waals surface area (Å²) in [6.07, 6.45) is 5.73. The Hall–Kier alpha value is -1.44. The molecular formula is C10H10ClNO5. The van der Waals surface area contributed by atoms with Crippen LogP contribution in [0.15, 0.2) is 53.4 Å². The third-order valence-electron chi connectivity index (χ3n) is 1.70. The lowest BCUT2D eigenvalue weighted by atomic mass is 10.4. The number of rotatable bonds is 2. The Morgan fingerprint density at radius 3 is 2.06 bits per heavy atom. The van der Waals surface area contributed by atoms with Crippen molar-refractivity contribution in [2.45, 2.75) is 6.54 Å². The van der Waals surface area contributed by atoms with E-state index in [1.54, 1.807) is 6.26 Å². The Kier molecular flexibility index (Phi) is 5.08. The zero-order valence-corrected chi connectivity index (χ0v) is 9.45. The van der Waals surface area contributed by atoms with E-state index < -0.39 is 10.2 Å². The highest BCUT2D eigenvalue weighted by Crippen LogP contribution is 1.97. The van der Waals surface area contributed by atoms with Gasteiger partial charge in [0.15, 0.2) is 18.2 Å². The first-order valence-corrected chi connectivity index (χ1v) is 5.77. The second-order valence-corrected chi connectivity index (χ2v) is 3.76. The van der Waals surface area contributed by atoms with Gasteiger partial charge in [0.05, 0.1) is 6.26 Å². The van der Waals surface area contributed by atoms with Crippen LogP contribution in [0.1, 0.15) is 5.76 Å². The standard InChI is InChI=1S/C10H10NO.ClHO4/c1-2-6-11(7-3-1)9-10-5-4-8-12-10;2-1(3,4)5/h1-8H,9H2;(H,2,3,4,5)/q+1;/p-1. The highest BCUT2D eigenvalue weighted by molar-refractivity contribution is 4.96. The zero-order valence-electron chi connectivity index (χ0n) is 8.69. The number of furan rings is 1. The van der Waals surface area contributed by atoms with E-state index in [9.17, 15) is 0 Å². The number of pyridine rings is 1. The summed E-state index contributed by atoms with van der Waals surface area (Å²) in [5, 5.41) is 0. The van der Waals surface area contributed by atoms with E-state index in [2.05, 4.69) is 4.57 Å². The summed E-state index contributed by atoms with van der Waals surface area (Å²) < 4.78 is 41.3. The third kappa shape index (κ3) is 7.45. The largest absolute Gasteiger partial charge is 0.463 e. The van der Waals surface area contributed by atoms with E-state index in [4.69, 9.17) is 23.1 Å². The van der Waals surface area contributed by atoms with Gasteiger partial charge in [0.1, 0.15) is 0 Å². The van der Waals surface area contributed by atoms with Crippen LogP contribution in [0.2, 0.25) is 0 Å². The molecule has 6 nitrogen and oxygen atoms in total. The van der Waals surface area contributed by atoms with E-state index in [0.29, 0.717) is 0 Å². The minimum absolute atomic E-state index is 0.799. The molecule has 92 valence electrons. The van der Waals surface area contributed by atoms with E-state index in [1.165, 1.54) is 0 Å². The van der Waals surface area contributed by atoms with Gasteiger partial charge in [0.2, 0.25) is 6.54 Å². The second kappa shape index (κ2) is 6.33. The molecule has 7 heteroatoms. The molecule has 0 aliphatic heterocycles. The highest BCUT2D eigenvalue weighted by atomic mass is 35.7. The van der Waals surface area contributed by atoms with Crippen LogP contribution in [0, 0.1) is 10.2 Å². The van der Waals surface area contributed by atoms with Crippen molar-refractivity contribution in [1.29, 1.82) is 0 Å². The molecule has 0 fully saturated rings. The van der Waals surface area contributed by atoms with Gasteiger partial charge in [-0.05, 0) is 12.1 Å². The highest BCUT2D eigenvalue weighted by Gasteiger charge is 2.01. The molecule has 0 saturated carbocycles. The molecule has 2 rings (SSSR count). The topological polar surface area (TPSA) is 109 Å². The third-order valence-corrected chi connectivity index (χ3v) is 1.70. The molecule has 0 saturated heterocycles. The second-order valence-electron chi connectivity index (χ2n) is 3.01. The van der Waals surface area contributed by atoms with Crippen LogP contribution in [0.25, 0.3) is 0 Å². The summed E-state index contributed by atoms with van der Waals surface area (Å²) in [6.45, 7) is 0.799. The van der Waals surface area contributed by atoms with Gasteiger partial charge in [-0.2, -0.15) is 4.57 Å². The van der Waals surface area contributed by atoms with Gasteiger partial charge >= 0.3 is 0 Å². The van der Waals surface area contributed by atoms with Crippen molar-refractivity contribution < 1.29 is 37.9 Å². The van der Waals surface area contributed by atoms with E-state index in [0.717, 1.165) is 12.3 Å². The lowest BCUT2D eigenvalue weighted by Crippen LogP contribution is -2.68. The minimum atomic E-state index is -4.94. The lowest BCUT2D eigenvalue weighted by molar-refractivity contribution is -2.00. The number of halogens is 1. The Balaban J connectivity index is 0.000000249. The molecule has 0 amide bonds. The fraction of sp³-hybridized carbons (Fsp3) is 0.100. The van der Waals surface area contributed by atoms with Crippen molar-refractivity contribution in [3.8, 4) is 0 Å². The minimum Gasteiger partial charge on any atom is -0.463 e. The maximum atomic E-state index is 8.49. The normalized spacial score (nSPS) is 10.6. The number of nitrogens with zero attached hydrogens (tertiary/aromatic N) is 1. The first-order valence-electron chi connectivity index (χ1n) is 4.53.